The van der Waals surface area contributed by atoms with Gasteiger partial charge in [-0.2, -0.15) is 15.2 Å². The first kappa shape index (κ1) is 26.3. The summed E-state index contributed by atoms with van der Waals surface area (Å²) in [5.74, 6) is 0.249. The third kappa shape index (κ3) is 7.36. The highest BCUT2D eigenvalue weighted by atomic mass is 35.5. The van der Waals surface area contributed by atoms with Crippen molar-refractivity contribution in [1.29, 1.82) is 0 Å². The van der Waals surface area contributed by atoms with Crippen LogP contribution in [0, 0.1) is 0 Å². The molecule has 0 saturated heterocycles. The lowest BCUT2D eigenvalue weighted by molar-refractivity contribution is 0.899. The molecule has 186 valence electrons. The number of hydrogen-bond acceptors (Lipinski definition) is 3. The van der Waals surface area contributed by atoms with Crippen LogP contribution in [-0.4, -0.2) is 22.5 Å². The van der Waals surface area contributed by atoms with Crippen molar-refractivity contribution in [2.75, 3.05) is 5.32 Å². The molecular weight excluding hydrogens is 523 g/mol. The van der Waals surface area contributed by atoms with Crippen LogP contribution in [0.15, 0.2) is 106 Å². The Morgan fingerprint density at radius 3 is 1.76 bits per heavy atom. The van der Waals surface area contributed by atoms with Gasteiger partial charge in [-0.05, 0) is 72.9 Å². The van der Waals surface area contributed by atoms with Gasteiger partial charge in [0.1, 0.15) is 0 Å². The number of nitrogens with zero attached hydrogens (tertiary/aromatic N) is 3. The van der Waals surface area contributed by atoms with Crippen LogP contribution in [-0.2, 0) is 0 Å². The Hall–Kier alpha value is -3.78. The molecule has 0 fully saturated rings. The van der Waals surface area contributed by atoms with Crippen LogP contribution in [0.5, 0.6) is 0 Å². The highest BCUT2D eigenvalue weighted by Crippen LogP contribution is 2.23. The topological polar surface area (TPSA) is 73.2 Å². The van der Waals surface area contributed by atoms with E-state index in [0.29, 0.717) is 10.0 Å². The summed E-state index contributed by atoms with van der Waals surface area (Å²) in [6, 6.07) is 28.8. The third-order valence-corrected chi connectivity index (χ3v) is 6.12. The molecule has 4 rings (SSSR count). The van der Waals surface area contributed by atoms with Gasteiger partial charge in [0.25, 0.3) is 0 Å². The van der Waals surface area contributed by atoms with Crippen LogP contribution in [0.25, 0.3) is 10.8 Å². The number of rotatable bonds is 5. The predicted molar refractivity (Wildman–Crippen MR) is 161 cm³/mol. The van der Waals surface area contributed by atoms with Crippen molar-refractivity contribution in [3.05, 3.63) is 112 Å². The number of guanidine groups is 1. The largest absolute Gasteiger partial charge is 0.330 e. The average molecular weight is 548 g/mol. The van der Waals surface area contributed by atoms with E-state index in [0.717, 1.165) is 39.0 Å². The van der Waals surface area contributed by atoms with E-state index >= 15 is 0 Å². The molecule has 6 nitrogen and oxygen atoms in total. The van der Waals surface area contributed by atoms with Gasteiger partial charge >= 0.3 is 0 Å². The third-order valence-electron chi connectivity index (χ3n) is 5.43. The van der Waals surface area contributed by atoms with E-state index < -0.39 is 0 Å². The molecule has 3 N–H and O–H groups in total. The number of anilines is 1. The van der Waals surface area contributed by atoms with Crippen molar-refractivity contribution in [3.63, 3.8) is 0 Å². The number of thiocarbonyl (C=S) groups is 1. The average Bonchev–Trinajstić information content (AvgIpc) is 2.91. The zero-order valence-corrected chi connectivity index (χ0v) is 22.5. The Balaban J connectivity index is 1.57. The maximum absolute atomic E-state index is 6.01. The van der Waals surface area contributed by atoms with E-state index in [9.17, 15) is 0 Å². The minimum absolute atomic E-state index is 0.241. The number of hydrogen-bond donors (Lipinski definition) is 3. The number of benzene rings is 4. The summed E-state index contributed by atoms with van der Waals surface area (Å²) in [7, 11) is 0. The van der Waals surface area contributed by atoms with E-state index in [1.54, 1.807) is 0 Å². The second kappa shape index (κ2) is 12.5. The molecule has 0 spiro atoms. The Bertz CT molecular complexity index is 1420. The zero-order chi connectivity index (χ0) is 26.2. The predicted octanol–water partition coefficient (Wildman–Crippen LogP) is 7.23. The molecule has 0 saturated carbocycles. The number of aliphatic imine (C=N–C) groups is 1. The monoisotopic (exact) mass is 546 g/mol. The van der Waals surface area contributed by atoms with Gasteiger partial charge in [0, 0.05) is 21.1 Å². The van der Waals surface area contributed by atoms with Gasteiger partial charge in [0.15, 0.2) is 0 Å². The maximum atomic E-state index is 6.01. The van der Waals surface area contributed by atoms with Gasteiger partial charge in [-0.3, -0.25) is 0 Å². The summed E-state index contributed by atoms with van der Waals surface area (Å²) in [5, 5.41) is 15.8. The van der Waals surface area contributed by atoms with Crippen molar-refractivity contribution in [1.82, 2.24) is 10.9 Å². The van der Waals surface area contributed by atoms with Crippen LogP contribution in [0.4, 0.5) is 5.69 Å². The lowest BCUT2D eigenvalue weighted by Crippen LogP contribution is -2.33. The molecule has 0 radical (unpaired) electrons. The fourth-order valence-electron chi connectivity index (χ4n) is 3.44. The zero-order valence-electron chi connectivity index (χ0n) is 20.2. The molecule has 0 heterocycles. The highest BCUT2D eigenvalue weighted by Gasteiger charge is 2.06. The molecule has 4 aromatic rings. The summed E-state index contributed by atoms with van der Waals surface area (Å²) < 4.78 is 0. The summed E-state index contributed by atoms with van der Waals surface area (Å²) in [4.78, 5) is 4.50. The molecule has 0 bridgehead atoms. The first-order valence-corrected chi connectivity index (χ1v) is 12.6. The molecular formula is C28H24Cl2N6S. The summed E-state index contributed by atoms with van der Waals surface area (Å²) in [5.41, 5.74) is 10.0. The van der Waals surface area contributed by atoms with Gasteiger partial charge in [-0.15, -0.1) is 0 Å². The lowest BCUT2D eigenvalue weighted by Gasteiger charge is -2.11. The molecule has 0 aromatic heterocycles. The Labute approximate surface area is 231 Å². The molecule has 37 heavy (non-hydrogen) atoms. The molecule has 0 unspecified atom stereocenters. The van der Waals surface area contributed by atoms with E-state index in [1.165, 1.54) is 0 Å². The number of nitrogens with one attached hydrogen (secondary N) is 3. The van der Waals surface area contributed by atoms with Gasteiger partial charge in [-0.25, -0.2) is 10.9 Å². The smallest absolute Gasteiger partial charge is 0.240 e. The van der Waals surface area contributed by atoms with Crippen LogP contribution in [0.3, 0.4) is 0 Å². The Morgan fingerprint density at radius 2 is 1.19 bits per heavy atom. The fourth-order valence-corrected chi connectivity index (χ4v) is 3.89. The first-order chi connectivity index (χ1) is 17.9. The minimum Gasteiger partial charge on any atom is -0.330 e. The van der Waals surface area contributed by atoms with Crippen molar-refractivity contribution in [2.45, 2.75) is 13.8 Å². The molecule has 0 atom stereocenters. The summed E-state index contributed by atoms with van der Waals surface area (Å²) in [6.07, 6.45) is 0. The van der Waals surface area contributed by atoms with E-state index in [1.807, 2.05) is 105 Å². The highest BCUT2D eigenvalue weighted by molar-refractivity contribution is 7.80. The SMILES string of the molecule is C/C(=N\NC(=NC(=S)Nc1cccc2ccccc12)N/N=C(\C)c1ccc(Cl)cc1)c1ccc(Cl)cc1. The van der Waals surface area contributed by atoms with E-state index in [2.05, 4.69) is 31.4 Å². The van der Waals surface area contributed by atoms with Crippen molar-refractivity contribution in [2.24, 2.45) is 15.2 Å². The van der Waals surface area contributed by atoms with Crippen LogP contribution in [0.1, 0.15) is 25.0 Å². The number of fused-ring (bicyclic) bond motifs is 1. The minimum atomic E-state index is 0.241. The van der Waals surface area contributed by atoms with Crippen molar-refractivity contribution >= 4 is 74.4 Å². The molecule has 9 heteroatoms. The molecule has 0 aliphatic carbocycles. The Morgan fingerprint density at radius 1 is 0.676 bits per heavy atom. The molecule has 4 aromatic carbocycles. The van der Waals surface area contributed by atoms with Crippen molar-refractivity contribution < 1.29 is 0 Å². The van der Waals surface area contributed by atoms with Gasteiger partial charge in [0.2, 0.25) is 11.1 Å². The van der Waals surface area contributed by atoms with Crippen molar-refractivity contribution in [3.8, 4) is 0 Å². The standard InChI is InChI=1S/C28H24Cl2N6S/c1-18(20-10-14-23(29)15-11-20)33-35-27(36-34-19(2)21-12-16-24(30)17-13-21)32-28(37)31-26-9-5-7-22-6-3-4-8-25(22)26/h3-17H,1-2H3,(H3,31,32,35,36,37)/b33-18+,34-19+. The molecule has 0 aliphatic rings. The van der Waals surface area contributed by atoms with Crippen LogP contribution >= 0.6 is 35.4 Å². The van der Waals surface area contributed by atoms with Gasteiger partial charge in [0.05, 0.1) is 11.4 Å². The maximum Gasteiger partial charge on any atom is 0.240 e. The number of halogens is 2. The van der Waals surface area contributed by atoms with Crippen LogP contribution < -0.4 is 16.2 Å². The van der Waals surface area contributed by atoms with E-state index in [-0.39, 0.29) is 11.1 Å². The summed E-state index contributed by atoms with van der Waals surface area (Å²) >= 11 is 17.6. The van der Waals surface area contributed by atoms with Gasteiger partial charge < -0.3 is 5.32 Å². The molecule has 0 aliphatic heterocycles. The first-order valence-electron chi connectivity index (χ1n) is 11.4. The fraction of sp³-hybridized carbons (Fsp3) is 0.0714. The second-order valence-electron chi connectivity index (χ2n) is 8.05. The quantitative estimate of drug-likeness (QED) is 0.107. The van der Waals surface area contributed by atoms with E-state index in [4.69, 9.17) is 35.4 Å². The normalized spacial score (nSPS) is 11.7. The molecule has 0 amide bonds. The van der Waals surface area contributed by atoms with Gasteiger partial charge in [-0.1, -0.05) is 83.9 Å². The number of hydrazone groups is 2. The lowest BCUT2D eigenvalue weighted by atomic mass is 10.1. The van der Waals surface area contributed by atoms with Crippen LogP contribution in [0.2, 0.25) is 10.0 Å². The second-order valence-corrected chi connectivity index (χ2v) is 9.31. The summed E-state index contributed by atoms with van der Waals surface area (Å²) in [6.45, 7) is 3.76. The Kier molecular flexibility index (Phi) is 8.85.